The van der Waals surface area contributed by atoms with Crippen molar-refractivity contribution in [2.24, 2.45) is 0 Å². The van der Waals surface area contributed by atoms with Crippen molar-refractivity contribution < 1.29 is 0 Å². The smallest absolute Gasteiger partial charge is 0.0323 e. The zero-order chi connectivity index (χ0) is 10.4. The van der Waals surface area contributed by atoms with E-state index in [-0.39, 0.29) is 0 Å². The van der Waals surface area contributed by atoms with Crippen LogP contribution in [0.2, 0.25) is 0 Å². The summed E-state index contributed by atoms with van der Waals surface area (Å²) in [5.74, 6) is 0. The molecule has 0 saturated heterocycles. The number of allylic oxidation sites excluding steroid dienone is 5. The number of rotatable bonds is 4. The highest BCUT2D eigenvalue weighted by Gasteiger charge is 2.19. The Labute approximate surface area is 86.9 Å². The molecule has 1 atom stereocenters. The molecule has 76 valence electrons. The maximum atomic E-state index is 3.70. The molecule has 0 amide bonds. The van der Waals surface area contributed by atoms with Gasteiger partial charge in [0, 0.05) is 6.04 Å². The number of likely N-dealkylation sites (N-methyl/N-ethyl adjacent to an activating group) is 1. The van der Waals surface area contributed by atoms with E-state index >= 15 is 0 Å². The highest BCUT2D eigenvalue weighted by molar-refractivity contribution is 5.41. The van der Waals surface area contributed by atoms with Gasteiger partial charge >= 0.3 is 0 Å². The van der Waals surface area contributed by atoms with E-state index in [2.05, 4.69) is 37.0 Å². The first-order chi connectivity index (χ1) is 6.83. The van der Waals surface area contributed by atoms with Crippen molar-refractivity contribution in [3.05, 3.63) is 48.1 Å². The third-order valence-corrected chi connectivity index (χ3v) is 2.58. The van der Waals surface area contributed by atoms with E-state index < -0.39 is 0 Å². The van der Waals surface area contributed by atoms with Crippen molar-refractivity contribution in [3.63, 3.8) is 0 Å². The Bertz CT molecular complexity index is 282. The third kappa shape index (κ3) is 2.46. The van der Waals surface area contributed by atoms with E-state index in [1.807, 2.05) is 19.2 Å². The van der Waals surface area contributed by atoms with Crippen LogP contribution in [-0.2, 0) is 0 Å². The largest absolute Gasteiger partial charge is 0.313 e. The van der Waals surface area contributed by atoms with Gasteiger partial charge in [0.2, 0.25) is 0 Å². The fraction of sp³-hybridized carbons (Fsp3) is 0.385. The zero-order valence-electron chi connectivity index (χ0n) is 9.09. The fourth-order valence-corrected chi connectivity index (χ4v) is 1.90. The van der Waals surface area contributed by atoms with Gasteiger partial charge in [-0.2, -0.15) is 0 Å². The van der Waals surface area contributed by atoms with Crippen molar-refractivity contribution in [1.29, 1.82) is 0 Å². The van der Waals surface area contributed by atoms with Crippen LogP contribution < -0.4 is 5.32 Å². The quantitative estimate of drug-likeness (QED) is 0.670. The SMILES string of the molecule is C=C/C=C\C1=C(/C=C\C)CC[C@@H]1NC. The summed E-state index contributed by atoms with van der Waals surface area (Å²) in [6.45, 7) is 5.76. The van der Waals surface area contributed by atoms with Gasteiger partial charge in [-0.3, -0.25) is 0 Å². The van der Waals surface area contributed by atoms with E-state index in [9.17, 15) is 0 Å². The first-order valence-electron chi connectivity index (χ1n) is 5.15. The van der Waals surface area contributed by atoms with Crippen molar-refractivity contribution in [1.82, 2.24) is 5.32 Å². The monoisotopic (exact) mass is 189 g/mol. The molecule has 0 unspecified atom stereocenters. The van der Waals surface area contributed by atoms with Gasteiger partial charge in [0.05, 0.1) is 0 Å². The highest BCUT2D eigenvalue weighted by atomic mass is 14.9. The average Bonchev–Trinajstić information content (AvgIpc) is 2.58. The molecule has 14 heavy (non-hydrogen) atoms. The van der Waals surface area contributed by atoms with E-state index in [4.69, 9.17) is 0 Å². The lowest BCUT2D eigenvalue weighted by Gasteiger charge is -2.10. The van der Waals surface area contributed by atoms with Crippen molar-refractivity contribution >= 4 is 0 Å². The second kappa shape index (κ2) is 5.61. The van der Waals surface area contributed by atoms with Crippen LogP contribution in [0, 0.1) is 0 Å². The van der Waals surface area contributed by atoms with Crippen LogP contribution in [0.25, 0.3) is 0 Å². The molecule has 1 heteroatoms. The van der Waals surface area contributed by atoms with E-state index in [1.54, 1.807) is 0 Å². The van der Waals surface area contributed by atoms with Crippen LogP contribution in [0.1, 0.15) is 19.8 Å². The van der Waals surface area contributed by atoms with Gasteiger partial charge in [-0.1, -0.05) is 37.0 Å². The second-order valence-electron chi connectivity index (χ2n) is 3.46. The normalized spacial score (nSPS) is 22.9. The standard InChI is InChI=1S/C13H19N/c1-4-6-8-12-11(7-5-2)9-10-13(12)14-3/h4-8,13-14H,1,9-10H2,2-3H3/b7-5-,8-6-/t13-/m0/s1. The Kier molecular flexibility index (Phi) is 4.41. The van der Waals surface area contributed by atoms with Gasteiger partial charge in [0.25, 0.3) is 0 Å². The van der Waals surface area contributed by atoms with Crippen LogP contribution in [0.4, 0.5) is 0 Å². The van der Waals surface area contributed by atoms with Crippen LogP contribution >= 0.6 is 0 Å². The summed E-state index contributed by atoms with van der Waals surface area (Å²) in [5, 5.41) is 3.33. The molecule has 0 saturated carbocycles. The molecule has 0 bridgehead atoms. The summed E-state index contributed by atoms with van der Waals surface area (Å²) in [6.07, 6.45) is 12.7. The van der Waals surface area contributed by atoms with Gasteiger partial charge in [-0.25, -0.2) is 0 Å². The lowest BCUT2D eigenvalue weighted by atomic mass is 10.1. The van der Waals surface area contributed by atoms with Crippen LogP contribution in [0.15, 0.2) is 48.1 Å². The molecular weight excluding hydrogens is 170 g/mol. The Morgan fingerprint density at radius 1 is 1.43 bits per heavy atom. The van der Waals surface area contributed by atoms with Gasteiger partial charge in [-0.15, -0.1) is 0 Å². The molecule has 1 rings (SSSR count). The number of nitrogens with one attached hydrogen (secondary N) is 1. The maximum Gasteiger partial charge on any atom is 0.0323 e. The molecule has 0 aromatic carbocycles. The first-order valence-corrected chi connectivity index (χ1v) is 5.15. The lowest BCUT2D eigenvalue weighted by molar-refractivity contribution is 0.636. The molecule has 1 N–H and O–H groups in total. The third-order valence-electron chi connectivity index (χ3n) is 2.58. The molecule has 0 aromatic rings. The summed E-state index contributed by atoms with van der Waals surface area (Å²) in [6, 6.07) is 0.511. The van der Waals surface area contributed by atoms with Crippen molar-refractivity contribution in [2.45, 2.75) is 25.8 Å². The maximum absolute atomic E-state index is 3.70. The van der Waals surface area contributed by atoms with Crippen LogP contribution in [-0.4, -0.2) is 13.1 Å². The van der Waals surface area contributed by atoms with Gasteiger partial charge < -0.3 is 5.32 Å². The fourth-order valence-electron chi connectivity index (χ4n) is 1.90. The molecule has 0 heterocycles. The molecule has 1 aliphatic carbocycles. The van der Waals surface area contributed by atoms with Crippen molar-refractivity contribution in [3.8, 4) is 0 Å². The lowest BCUT2D eigenvalue weighted by Crippen LogP contribution is -2.23. The Morgan fingerprint density at radius 3 is 2.79 bits per heavy atom. The molecular formula is C13H19N. The molecule has 0 spiro atoms. The number of hydrogen-bond donors (Lipinski definition) is 1. The summed E-state index contributed by atoms with van der Waals surface area (Å²) < 4.78 is 0. The molecule has 0 fully saturated rings. The van der Waals surface area contributed by atoms with E-state index in [0.717, 1.165) is 0 Å². The van der Waals surface area contributed by atoms with Gasteiger partial charge in [-0.05, 0) is 38.0 Å². The minimum Gasteiger partial charge on any atom is -0.313 e. The highest BCUT2D eigenvalue weighted by Crippen LogP contribution is 2.28. The minimum absolute atomic E-state index is 0.511. The molecule has 0 aromatic heterocycles. The average molecular weight is 189 g/mol. The van der Waals surface area contributed by atoms with Gasteiger partial charge in [0.1, 0.15) is 0 Å². The summed E-state index contributed by atoms with van der Waals surface area (Å²) in [5.41, 5.74) is 2.86. The van der Waals surface area contributed by atoms with Gasteiger partial charge in [0.15, 0.2) is 0 Å². The Morgan fingerprint density at radius 2 is 2.21 bits per heavy atom. The Hall–Kier alpha value is -1.08. The predicted molar refractivity (Wildman–Crippen MR) is 63.3 cm³/mol. The second-order valence-corrected chi connectivity index (χ2v) is 3.46. The molecule has 0 aliphatic heterocycles. The Balaban J connectivity index is 2.91. The molecule has 1 nitrogen and oxygen atoms in total. The zero-order valence-corrected chi connectivity index (χ0v) is 9.09. The molecule has 1 aliphatic rings. The number of hydrogen-bond acceptors (Lipinski definition) is 1. The van der Waals surface area contributed by atoms with E-state index in [1.165, 1.54) is 24.0 Å². The summed E-state index contributed by atoms with van der Waals surface area (Å²) in [4.78, 5) is 0. The van der Waals surface area contributed by atoms with Crippen molar-refractivity contribution in [2.75, 3.05) is 7.05 Å². The van der Waals surface area contributed by atoms with Crippen LogP contribution in [0.5, 0.6) is 0 Å². The predicted octanol–water partition coefficient (Wildman–Crippen LogP) is 2.98. The van der Waals surface area contributed by atoms with Crippen LogP contribution in [0.3, 0.4) is 0 Å². The minimum atomic E-state index is 0.511. The summed E-state index contributed by atoms with van der Waals surface area (Å²) >= 11 is 0. The molecule has 0 radical (unpaired) electrons. The first kappa shape index (κ1) is 11.0. The topological polar surface area (TPSA) is 12.0 Å². The van der Waals surface area contributed by atoms with E-state index in [0.29, 0.717) is 6.04 Å². The summed E-state index contributed by atoms with van der Waals surface area (Å²) in [7, 11) is 2.02.